The number of carbonyl (C=O) groups excluding carboxylic acids is 1. The highest BCUT2D eigenvalue weighted by atomic mass is 16.3. The number of nitrogens with two attached hydrogens (primary N) is 1. The van der Waals surface area contributed by atoms with E-state index in [0.717, 1.165) is 5.01 Å². The molecule has 0 unspecified atom stereocenters. The normalized spacial score (nSPS) is 22.1. The van der Waals surface area contributed by atoms with Crippen LogP contribution in [0.25, 0.3) is 0 Å². The van der Waals surface area contributed by atoms with Crippen molar-refractivity contribution < 1.29 is 9.90 Å². The topological polar surface area (TPSA) is 66.6 Å². The lowest BCUT2D eigenvalue weighted by molar-refractivity contribution is -0.132. The van der Waals surface area contributed by atoms with Gasteiger partial charge in [-0.3, -0.25) is 4.79 Å². The lowest BCUT2D eigenvalue weighted by atomic mass is 9.88. The molecule has 0 radical (unpaired) electrons. The second-order valence-electron chi connectivity index (χ2n) is 4.27. The SMILES string of the molecule is NN1C(=O)[C@](O)(c2ccccc2)c2ccccc21. The van der Waals surface area contributed by atoms with Gasteiger partial charge in [-0.1, -0.05) is 48.5 Å². The zero-order valence-electron chi connectivity index (χ0n) is 9.58. The first kappa shape index (κ1) is 11.0. The number of aliphatic hydroxyl groups is 1. The molecular formula is C14H12N2O2. The van der Waals surface area contributed by atoms with Gasteiger partial charge in [0.05, 0.1) is 5.69 Å². The second kappa shape index (κ2) is 3.66. The molecule has 18 heavy (non-hydrogen) atoms. The number of amides is 1. The van der Waals surface area contributed by atoms with Gasteiger partial charge in [0.25, 0.3) is 5.91 Å². The van der Waals surface area contributed by atoms with Gasteiger partial charge in [-0.25, -0.2) is 10.9 Å². The number of fused-ring (bicyclic) bond motifs is 1. The third-order valence-corrected chi connectivity index (χ3v) is 3.27. The molecular weight excluding hydrogens is 228 g/mol. The maximum absolute atomic E-state index is 12.2. The molecule has 0 spiro atoms. The second-order valence-corrected chi connectivity index (χ2v) is 4.27. The maximum atomic E-state index is 12.2. The van der Waals surface area contributed by atoms with E-state index in [2.05, 4.69) is 0 Å². The lowest BCUT2D eigenvalue weighted by Crippen LogP contribution is -2.44. The van der Waals surface area contributed by atoms with Crippen molar-refractivity contribution >= 4 is 11.6 Å². The standard InChI is InChI=1S/C14H12N2O2/c15-16-12-9-5-4-8-11(12)14(18,13(16)17)10-6-2-1-3-7-10/h1-9,18H,15H2/t14-/m0/s1. The fourth-order valence-corrected chi connectivity index (χ4v) is 2.35. The van der Waals surface area contributed by atoms with E-state index in [1.54, 1.807) is 48.5 Å². The molecule has 0 saturated carbocycles. The van der Waals surface area contributed by atoms with Gasteiger partial charge in [0, 0.05) is 5.56 Å². The molecule has 0 saturated heterocycles. The molecule has 2 aromatic rings. The number of carbonyl (C=O) groups is 1. The average Bonchev–Trinajstić information content (AvgIpc) is 2.64. The van der Waals surface area contributed by atoms with Crippen LogP contribution in [0.1, 0.15) is 11.1 Å². The number of anilines is 1. The van der Waals surface area contributed by atoms with Crippen molar-refractivity contribution in [2.45, 2.75) is 5.60 Å². The predicted octanol–water partition coefficient (Wildman–Crippen LogP) is 1.14. The molecule has 4 heteroatoms. The summed E-state index contributed by atoms with van der Waals surface area (Å²) in [5, 5.41) is 11.8. The number of hydrogen-bond donors (Lipinski definition) is 2. The van der Waals surface area contributed by atoms with Crippen LogP contribution in [-0.2, 0) is 10.4 Å². The van der Waals surface area contributed by atoms with Gasteiger partial charge in [-0.05, 0) is 11.6 Å². The summed E-state index contributed by atoms with van der Waals surface area (Å²) in [6, 6.07) is 15.8. The van der Waals surface area contributed by atoms with Crippen molar-refractivity contribution in [2.24, 2.45) is 5.84 Å². The van der Waals surface area contributed by atoms with Crippen LogP contribution in [0.3, 0.4) is 0 Å². The number of benzene rings is 2. The molecule has 3 N–H and O–H groups in total. The molecule has 1 atom stereocenters. The minimum atomic E-state index is -1.69. The summed E-state index contributed by atoms with van der Waals surface area (Å²) in [6.45, 7) is 0. The summed E-state index contributed by atoms with van der Waals surface area (Å²) in [5.74, 6) is 5.19. The van der Waals surface area contributed by atoms with Crippen LogP contribution in [0.4, 0.5) is 5.69 Å². The van der Waals surface area contributed by atoms with Crippen molar-refractivity contribution in [3.05, 3.63) is 65.7 Å². The van der Waals surface area contributed by atoms with Gasteiger partial charge in [-0.15, -0.1) is 0 Å². The molecule has 0 aromatic heterocycles. The Hall–Kier alpha value is -2.17. The van der Waals surface area contributed by atoms with Gasteiger partial charge in [0.15, 0.2) is 5.60 Å². The van der Waals surface area contributed by atoms with Crippen LogP contribution in [0.2, 0.25) is 0 Å². The van der Waals surface area contributed by atoms with Crippen molar-refractivity contribution in [3.8, 4) is 0 Å². The molecule has 0 aliphatic carbocycles. The Labute approximate surface area is 104 Å². The van der Waals surface area contributed by atoms with E-state index in [9.17, 15) is 9.90 Å². The van der Waals surface area contributed by atoms with Crippen LogP contribution in [0, 0.1) is 0 Å². The molecule has 1 heterocycles. The van der Waals surface area contributed by atoms with Gasteiger partial charge in [0.1, 0.15) is 0 Å². The van der Waals surface area contributed by atoms with E-state index in [-0.39, 0.29) is 0 Å². The van der Waals surface area contributed by atoms with E-state index in [0.29, 0.717) is 16.8 Å². The Bertz CT molecular complexity index is 612. The Morgan fingerprint density at radius 2 is 1.61 bits per heavy atom. The van der Waals surface area contributed by atoms with Crippen LogP contribution >= 0.6 is 0 Å². The number of nitrogens with zero attached hydrogens (tertiary/aromatic N) is 1. The van der Waals surface area contributed by atoms with E-state index in [4.69, 9.17) is 5.84 Å². The minimum absolute atomic E-state index is 0.517. The van der Waals surface area contributed by atoms with Gasteiger partial charge in [-0.2, -0.15) is 0 Å². The number of para-hydroxylation sites is 1. The van der Waals surface area contributed by atoms with Crippen LogP contribution in [-0.4, -0.2) is 11.0 Å². The first-order valence-electron chi connectivity index (χ1n) is 5.62. The fraction of sp³-hybridized carbons (Fsp3) is 0.0714. The fourth-order valence-electron chi connectivity index (χ4n) is 2.35. The highest BCUT2D eigenvalue weighted by Gasteiger charge is 2.50. The number of hydrogen-bond acceptors (Lipinski definition) is 3. The maximum Gasteiger partial charge on any atom is 0.282 e. The van der Waals surface area contributed by atoms with Crippen molar-refractivity contribution in [1.29, 1.82) is 0 Å². The molecule has 4 nitrogen and oxygen atoms in total. The quantitative estimate of drug-likeness (QED) is 0.580. The molecule has 2 aromatic carbocycles. The third kappa shape index (κ3) is 1.24. The summed E-state index contributed by atoms with van der Waals surface area (Å²) in [4.78, 5) is 12.2. The minimum Gasteiger partial charge on any atom is -0.372 e. The van der Waals surface area contributed by atoms with Crippen LogP contribution < -0.4 is 10.9 Å². The predicted molar refractivity (Wildman–Crippen MR) is 67.6 cm³/mol. The van der Waals surface area contributed by atoms with Crippen molar-refractivity contribution in [2.75, 3.05) is 5.01 Å². The average molecular weight is 240 g/mol. The molecule has 1 aliphatic rings. The Morgan fingerprint density at radius 3 is 2.33 bits per heavy atom. The largest absolute Gasteiger partial charge is 0.372 e. The summed E-state index contributed by atoms with van der Waals surface area (Å²) >= 11 is 0. The van der Waals surface area contributed by atoms with Crippen LogP contribution in [0.15, 0.2) is 54.6 Å². The summed E-state index contributed by atoms with van der Waals surface area (Å²) in [6.07, 6.45) is 0. The van der Waals surface area contributed by atoms with E-state index in [1.807, 2.05) is 6.07 Å². The monoisotopic (exact) mass is 240 g/mol. The van der Waals surface area contributed by atoms with E-state index in [1.165, 1.54) is 0 Å². The highest BCUT2D eigenvalue weighted by molar-refractivity contribution is 6.08. The zero-order valence-corrected chi connectivity index (χ0v) is 9.58. The third-order valence-electron chi connectivity index (χ3n) is 3.27. The summed E-state index contributed by atoms with van der Waals surface area (Å²) in [7, 11) is 0. The lowest BCUT2D eigenvalue weighted by Gasteiger charge is -2.21. The van der Waals surface area contributed by atoms with Gasteiger partial charge < -0.3 is 5.11 Å². The summed E-state index contributed by atoms with van der Waals surface area (Å²) < 4.78 is 0. The first-order chi connectivity index (χ1) is 8.65. The van der Waals surface area contributed by atoms with Crippen LogP contribution in [0.5, 0.6) is 0 Å². The van der Waals surface area contributed by atoms with E-state index >= 15 is 0 Å². The molecule has 1 amide bonds. The highest BCUT2D eigenvalue weighted by Crippen LogP contribution is 2.42. The smallest absolute Gasteiger partial charge is 0.282 e. The molecule has 3 rings (SSSR count). The molecule has 90 valence electrons. The van der Waals surface area contributed by atoms with Gasteiger partial charge in [0.2, 0.25) is 0 Å². The molecule has 0 bridgehead atoms. The molecule has 1 aliphatic heterocycles. The zero-order chi connectivity index (χ0) is 12.8. The summed E-state index contributed by atoms with van der Waals surface area (Å²) in [5.41, 5.74) is -0.111. The Kier molecular flexibility index (Phi) is 2.23. The Balaban J connectivity index is 2.27. The number of hydrazine groups is 1. The van der Waals surface area contributed by atoms with Gasteiger partial charge >= 0.3 is 0 Å². The van der Waals surface area contributed by atoms with Crippen molar-refractivity contribution in [3.63, 3.8) is 0 Å². The van der Waals surface area contributed by atoms with Crippen molar-refractivity contribution in [1.82, 2.24) is 0 Å². The first-order valence-corrected chi connectivity index (χ1v) is 5.62. The van der Waals surface area contributed by atoms with E-state index < -0.39 is 11.5 Å². The molecule has 0 fully saturated rings. The Morgan fingerprint density at radius 1 is 1.00 bits per heavy atom. The number of rotatable bonds is 1.